The molecule has 0 fully saturated rings. The largest absolute Gasteiger partial charge is 0.289 e. The van der Waals surface area contributed by atoms with E-state index in [4.69, 9.17) is 0 Å². The predicted octanol–water partition coefficient (Wildman–Crippen LogP) is 5.00. The molecular formula is C21H15NO3. The van der Waals surface area contributed by atoms with Crippen LogP contribution in [0.2, 0.25) is 0 Å². The molecule has 0 aliphatic rings. The summed E-state index contributed by atoms with van der Waals surface area (Å²) in [5.74, 6) is -0.00787. The standard InChI is InChI=1S/C21H15NO3/c23-21(18-4-2-1-3-5-18)19-12-8-16(9-13-19)6-7-17-10-14-20(15-11-17)22(24)25/h1-15H. The predicted molar refractivity (Wildman–Crippen MR) is 98.3 cm³/mol. The van der Waals surface area contributed by atoms with Crippen molar-refractivity contribution in [1.82, 2.24) is 0 Å². The third-order valence-electron chi connectivity index (χ3n) is 3.78. The number of nitro benzene ring substituents is 1. The third-order valence-corrected chi connectivity index (χ3v) is 3.78. The topological polar surface area (TPSA) is 60.2 Å². The van der Waals surface area contributed by atoms with Gasteiger partial charge in [0.2, 0.25) is 0 Å². The summed E-state index contributed by atoms with van der Waals surface area (Å²) in [6.45, 7) is 0. The van der Waals surface area contributed by atoms with E-state index in [1.165, 1.54) is 12.1 Å². The lowest BCUT2D eigenvalue weighted by molar-refractivity contribution is -0.384. The van der Waals surface area contributed by atoms with E-state index in [-0.39, 0.29) is 11.5 Å². The first-order valence-electron chi connectivity index (χ1n) is 7.76. The Hall–Kier alpha value is -3.53. The monoisotopic (exact) mass is 329 g/mol. The second-order valence-electron chi connectivity index (χ2n) is 5.50. The molecule has 0 aromatic heterocycles. The van der Waals surface area contributed by atoms with Crippen LogP contribution in [0.3, 0.4) is 0 Å². The quantitative estimate of drug-likeness (QED) is 0.286. The van der Waals surface area contributed by atoms with Crippen molar-refractivity contribution in [2.24, 2.45) is 0 Å². The first-order valence-corrected chi connectivity index (χ1v) is 7.76. The van der Waals surface area contributed by atoms with Crippen LogP contribution >= 0.6 is 0 Å². The van der Waals surface area contributed by atoms with Gasteiger partial charge >= 0.3 is 0 Å². The minimum absolute atomic E-state index is 0.00787. The van der Waals surface area contributed by atoms with Gasteiger partial charge in [-0.2, -0.15) is 0 Å². The van der Waals surface area contributed by atoms with E-state index < -0.39 is 4.92 Å². The van der Waals surface area contributed by atoms with Crippen LogP contribution in [0.1, 0.15) is 27.0 Å². The molecule has 0 spiro atoms. The number of nitrogens with zero attached hydrogens (tertiary/aromatic N) is 1. The van der Waals surface area contributed by atoms with E-state index in [2.05, 4.69) is 0 Å². The number of non-ortho nitro benzene ring substituents is 1. The van der Waals surface area contributed by atoms with Crippen molar-refractivity contribution in [2.45, 2.75) is 0 Å². The lowest BCUT2D eigenvalue weighted by Gasteiger charge is -2.02. The lowest BCUT2D eigenvalue weighted by atomic mass is 10.0. The third kappa shape index (κ3) is 4.06. The van der Waals surface area contributed by atoms with Gasteiger partial charge in [0.25, 0.3) is 5.69 Å². The Balaban J connectivity index is 1.72. The SMILES string of the molecule is O=C(c1ccccc1)c1ccc(C=Cc2ccc([N+](=O)[O-])cc2)cc1. The molecule has 0 saturated carbocycles. The highest BCUT2D eigenvalue weighted by molar-refractivity contribution is 6.09. The van der Waals surface area contributed by atoms with Gasteiger partial charge < -0.3 is 0 Å². The maximum Gasteiger partial charge on any atom is 0.269 e. The van der Waals surface area contributed by atoms with Crippen LogP contribution in [0.5, 0.6) is 0 Å². The first-order chi connectivity index (χ1) is 12.1. The minimum Gasteiger partial charge on any atom is -0.289 e. The zero-order chi connectivity index (χ0) is 17.6. The summed E-state index contributed by atoms with van der Waals surface area (Å²) in [5.41, 5.74) is 3.19. The van der Waals surface area contributed by atoms with Gasteiger partial charge in [-0.05, 0) is 23.3 Å². The highest BCUT2D eigenvalue weighted by atomic mass is 16.6. The smallest absolute Gasteiger partial charge is 0.269 e. The molecule has 122 valence electrons. The molecule has 4 heteroatoms. The molecule has 0 amide bonds. The first kappa shape index (κ1) is 16.3. The highest BCUT2D eigenvalue weighted by Crippen LogP contribution is 2.16. The second-order valence-corrected chi connectivity index (χ2v) is 5.50. The number of carbonyl (C=O) groups excluding carboxylic acids is 1. The van der Waals surface area contributed by atoms with Crippen molar-refractivity contribution in [2.75, 3.05) is 0 Å². The summed E-state index contributed by atoms with van der Waals surface area (Å²) < 4.78 is 0. The lowest BCUT2D eigenvalue weighted by Crippen LogP contribution is -2.00. The summed E-state index contributed by atoms with van der Waals surface area (Å²) in [6, 6.07) is 22.8. The molecule has 3 aromatic carbocycles. The van der Waals surface area contributed by atoms with Crippen molar-refractivity contribution < 1.29 is 9.72 Å². The number of hydrogen-bond acceptors (Lipinski definition) is 3. The Morgan fingerprint density at radius 3 is 1.72 bits per heavy atom. The molecule has 25 heavy (non-hydrogen) atoms. The van der Waals surface area contributed by atoms with E-state index in [0.717, 1.165) is 11.1 Å². The average Bonchev–Trinajstić information content (AvgIpc) is 2.67. The summed E-state index contributed by atoms with van der Waals surface area (Å²) in [4.78, 5) is 22.6. The van der Waals surface area contributed by atoms with Crippen LogP contribution < -0.4 is 0 Å². The fourth-order valence-corrected chi connectivity index (χ4v) is 2.40. The molecule has 0 radical (unpaired) electrons. The number of rotatable bonds is 5. The fourth-order valence-electron chi connectivity index (χ4n) is 2.40. The summed E-state index contributed by atoms with van der Waals surface area (Å²) in [6.07, 6.45) is 3.77. The van der Waals surface area contributed by atoms with Crippen LogP contribution in [-0.2, 0) is 0 Å². The van der Waals surface area contributed by atoms with Gasteiger partial charge in [-0.15, -0.1) is 0 Å². The van der Waals surface area contributed by atoms with Gasteiger partial charge in [0, 0.05) is 23.3 Å². The van der Waals surface area contributed by atoms with Crippen LogP contribution in [0, 0.1) is 10.1 Å². The summed E-state index contributed by atoms with van der Waals surface area (Å²) in [7, 11) is 0. The Morgan fingerprint density at radius 1 is 0.720 bits per heavy atom. The number of benzene rings is 3. The van der Waals surface area contributed by atoms with E-state index in [1.807, 2.05) is 42.5 Å². The molecule has 0 saturated heterocycles. The molecule has 0 unspecified atom stereocenters. The van der Waals surface area contributed by atoms with E-state index in [1.54, 1.807) is 36.4 Å². The molecule has 0 N–H and O–H groups in total. The average molecular weight is 329 g/mol. The van der Waals surface area contributed by atoms with Crippen molar-refractivity contribution in [3.63, 3.8) is 0 Å². The van der Waals surface area contributed by atoms with Gasteiger partial charge in [-0.25, -0.2) is 0 Å². The molecule has 0 aliphatic heterocycles. The molecule has 0 atom stereocenters. The minimum atomic E-state index is -0.421. The Labute approximate surface area is 145 Å². The second kappa shape index (κ2) is 7.36. The maximum absolute atomic E-state index is 12.4. The zero-order valence-corrected chi connectivity index (χ0v) is 13.3. The molecule has 0 heterocycles. The zero-order valence-electron chi connectivity index (χ0n) is 13.3. The Bertz CT molecular complexity index is 912. The molecular weight excluding hydrogens is 314 g/mol. The molecule has 4 nitrogen and oxygen atoms in total. The normalized spacial score (nSPS) is 10.7. The number of carbonyl (C=O) groups is 1. The number of nitro groups is 1. The molecule has 3 aromatic rings. The summed E-state index contributed by atoms with van der Waals surface area (Å²) in [5, 5.41) is 10.6. The van der Waals surface area contributed by atoms with Gasteiger partial charge in [0.15, 0.2) is 5.78 Å². The number of hydrogen-bond donors (Lipinski definition) is 0. The van der Waals surface area contributed by atoms with Crippen LogP contribution in [0.15, 0.2) is 78.9 Å². The van der Waals surface area contributed by atoms with E-state index in [0.29, 0.717) is 11.1 Å². The van der Waals surface area contributed by atoms with Crippen LogP contribution in [0.4, 0.5) is 5.69 Å². The summed E-state index contributed by atoms with van der Waals surface area (Å²) >= 11 is 0. The number of ketones is 1. The fraction of sp³-hybridized carbons (Fsp3) is 0. The van der Waals surface area contributed by atoms with Crippen molar-refractivity contribution in [3.05, 3.63) is 111 Å². The Kier molecular flexibility index (Phi) is 4.81. The molecule has 3 rings (SSSR count). The maximum atomic E-state index is 12.4. The van der Waals surface area contributed by atoms with Gasteiger partial charge in [-0.3, -0.25) is 14.9 Å². The van der Waals surface area contributed by atoms with Crippen molar-refractivity contribution >= 4 is 23.6 Å². The van der Waals surface area contributed by atoms with Gasteiger partial charge in [0.1, 0.15) is 0 Å². The van der Waals surface area contributed by atoms with Crippen LogP contribution in [0.25, 0.3) is 12.2 Å². The Morgan fingerprint density at radius 2 is 1.20 bits per heavy atom. The van der Waals surface area contributed by atoms with Gasteiger partial charge in [0.05, 0.1) is 4.92 Å². The highest BCUT2D eigenvalue weighted by Gasteiger charge is 2.07. The molecule has 0 bridgehead atoms. The molecule has 0 aliphatic carbocycles. The van der Waals surface area contributed by atoms with E-state index in [9.17, 15) is 14.9 Å². The van der Waals surface area contributed by atoms with E-state index >= 15 is 0 Å². The van der Waals surface area contributed by atoms with Crippen molar-refractivity contribution in [3.8, 4) is 0 Å². The van der Waals surface area contributed by atoms with Gasteiger partial charge in [-0.1, -0.05) is 66.7 Å². The van der Waals surface area contributed by atoms with Crippen LogP contribution in [-0.4, -0.2) is 10.7 Å². The van der Waals surface area contributed by atoms with Crippen molar-refractivity contribution in [1.29, 1.82) is 0 Å².